The van der Waals surface area contributed by atoms with Crippen LogP contribution in [0.2, 0.25) is 0 Å². The van der Waals surface area contributed by atoms with Crippen molar-refractivity contribution in [2.24, 2.45) is 0 Å². The summed E-state index contributed by atoms with van der Waals surface area (Å²) in [5.74, 6) is -0.0660. The maximum atomic E-state index is 12.5. The van der Waals surface area contributed by atoms with Crippen LogP contribution in [0.25, 0.3) is 0 Å². The molecule has 5 nitrogen and oxygen atoms in total. The van der Waals surface area contributed by atoms with Crippen LogP contribution in [0.1, 0.15) is 18.4 Å². The van der Waals surface area contributed by atoms with Gasteiger partial charge in [-0.3, -0.25) is 14.9 Å². The van der Waals surface area contributed by atoms with Crippen LogP contribution >= 0.6 is 15.9 Å². The van der Waals surface area contributed by atoms with E-state index in [0.717, 1.165) is 28.6 Å². The number of rotatable bonds is 4. The molecule has 0 aromatic heterocycles. The Hall–Kier alpha value is -2.21. The largest absolute Gasteiger partial charge is 0.325 e. The van der Waals surface area contributed by atoms with Gasteiger partial charge in [-0.2, -0.15) is 0 Å². The number of carbonyl (C=O) groups excluding carboxylic acids is 1. The number of hydrogen-bond donors (Lipinski definition) is 1. The molecule has 1 aliphatic carbocycles. The third kappa shape index (κ3) is 2.74. The summed E-state index contributed by atoms with van der Waals surface area (Å²) >= 11 is 3.35. The van der Waals surface area contributed by atoms with Crippen LogP contribution in [-0.4, -0.2) is 10.8 Å². The van der Waals surface area contributed by atoms with Crippen molar-refractivity contribution >= 4 is 33.2 Å². The third-order valence-corrected chi connectivity index (χ3v) is 4.45. The molecular weight excluding hydrogens is 348 g/mol. The van der Waals surface area contributed by atoms with Gasteiger partial charge in [-0.05, 0) is 42.7 Å². The van der Waals surface area contributed by atoms with Gasteiger partial charge in [0.1, 0.15) is 0 Å². The van der Waals surface area contributed by atoms with Crippen molar-refractivity contribution in [1.29, 1.82) is 0 Å². The Morgan fingerprint density at radius 3 is 2.18 bits per heavy atom. The highest BCUT2D eigenvalue weighted by atomic mass is 79.9. The molecule has 0 radical (unpaired) electrons. The van der Waals surface area contributed by atoms with Crippen LogP contribution in [0.3, 0.4) is 0 Å². The summed E-state index contributed by atoms with van der Waals surface area (Å²) in [5.41, 5.74) is 1.05. The molecule has 0 aliphatic heterocycles. The van der Waals surface area contributed by atoms with Crippen LogP contribution in [0.15, 0.2) is 53.0 Å². The molecule has 1 saturated carbocycles. The van der Waals surface area contributed by atoms with Crippen LogP contribution in [0.5, 0.6) is 0 Å². The lowest BCUT2D eigenvalue weighted by atomic mass is 9.94. The van der Waals surface area contributed by atoms with E-state index < -0.39 is 10.3 Å². The first-order valence-electron chi connectivity index (χ1n) is 6.83. The second kappa shape index (κ2) is 5.53. The molecule has 0 unspecified atom stereocenters. The molecule has 2 aromatic carbocycles. The number of nitro groups is 1. The van der Waals surface area contributed by atoms with Crippen LogP contribution in [0, 0.1) is 10.1 Å². The van der Waals surface area contributed by atoms with Gasteiger partial charge in [0.05, 0.1) is 10.3 Å². The first kappa shape index (κ1) is 14.7. The second-order valence-electron chi connectivity index (χ2n) is 5.35. The minimum absolute atomic E-state index is 0.0351. The normalized spacial score (nSPS) is 15.1. The van der Waals surface area contributed by atoms with Crippen molar-refractivity contribution in [2.75, 3.05) is 5.32 Å². The molecule has 0 heterocycles. The highest BCUT2D eigenvalue weighted by Crippen LogP contribution is 2.49. The van der Waals surface area contributed by atoms with Crippen LogP contribution < -0.4 is 5.32 Å². The van der Waals surface area contributed by atoms with Gasteiger partial charge >= 0.3 is 0 Å². The number of benzene rings is 2. The van der Waals surface area contributed by atoms with Crippen molar-refractivity contribution in [3.63, 3.8) is 0 Å². The minimum atomic E-state index is -0.553. The number of nitrogens with zero attached hydrogens (tertiary/aromatic N) is 1. The zero-order valence-electron chi connectivity index (χ0n) is 11.6. The van der Waals surface area contributed by atoms with Crippen LogP contribution in [-0.2, 0) is 10.2 Å². The Morgan fingerprint density at radius 1 is 1.09 bits per heavy atom. The average molecular weight is 361 g/mol. The Kier molecular flexibility index (Phi) is 3.70. The summed E-state index contributed by atoms with van der Waals surface area (Å²) in [5, 5.41) is 13.6. The van der Waals surface area contributed by atoms with Crippen molar-refractivity contribution < 1.29 is 9.72 Å². The smallest absolute Gasteiger partial charge is 0.269 e. The fraction of sp³-hybridized carbons (Fsp3) is 0.188. The Morgan fingerprint density at radius 2 is 1.68 bits per heavy atom. The molecule has 22 heavy (non-hydrogen) atoms. The lowest BCUT2D eigenvalue weighted by molar-refractivity contribution is -0.384. The number of anilines is 1. The predicted molar refractivity (Wildman–Crippen MR) is 86.8 cm³/mol. The molecule has 0 bridgehead atoms. The standard InChI is InChI=1S/C16H13BrN2O3/c17-12-3-5-13(6-4-12)18-15(20)16(9-10-16)11-1-7-14(8-2-11)19(21)22/h1-8H,9-10H2,(H,18,20). The SMILES string of the molecule is O=C(Nc1ccc(Br)cc1)C1(c2ccc([N+](=O)[O-])cc2)CC1. The van der Waals surface area contributed by atoms with Gasteiger partial charge in [-0.1, -0.05) is 28.1 Å². The third-order valence-electron chi connectivity index (χ3n) is 3.92. The molecule has 1 aliphatic rings. The molecule has 1 N–H and O–H groups in total. The van der Waals surface area contributed by atoms with Gasteiger partial charge < -0.3 is 5.32 Å². The van der Waals surface area contributed by atoms with E-state index in [1.165, 1.54) is 12.1 Å². The number of halogens is 1. The molecule has 3 rings (SSSR count). The van der Waals surface area contributed by atoms with E-state index in [2.05, 4.69) is 21.2 Å². The number of nitrogens with one attached hydrogen (secondary N) is 1. The monoisotopic (exact) mass is 360 g/mol. The molecular formula is C16H13BrN2O3. The fourth-order valence-electron chi connectivity index (χ4n) is 2.46. The highest BCUT2D eigenvalue weighted by molar-refractivity contribution is 9.10. The number of non-ortho nitro benzene ring substituents is 1. The summed E-state index contributed by atoms with van der Waals surface area (Å²) in [6.45, 7) is 0. The van der Waals surface area contributed by atoms with E-state index in [4.69, 9.17) is 0 Å². The molecule has 0 spiro atoms. The average Bonchev–Trinajstić information content (AvgIpc) is 3.31. The number of hydrogen-bond acceptors (Lipinski definition) is 3. The molecule has 1 fully saturated rings. The molecule has 6 heteroatoms. The molecule has 2 aromatic rings. The summed E-state index contributed by atoms with van der Waals surface area (Å²) in [4.78, 5) is 22.8. The Bertz CT molecular complexity index is 722. The Balaban J connectivity index is 1.79. The van der Waals surface area contributed by atoms with Gasteiger partial charge in [0.15, 0.2) is 0 Å². The predicted octanol–water partition coefficient (Wildman–Crippen LogP) is 4.03. The van der Waals surface area contributed by atoms with Crippen molar-refractivity contribution in [3.05, 3.63) is 68.7 Å². The molecule has 1 amide bonds. The minimum Gasteiger partial charge on any atom is -0.325 e. The van der Waals surface area contributed by atoms with E-state index in [1.807, 2.05) is 24.3 Å². The lowest BCUT2D eigenvalue weighted by Gasteiger charge is -2.15. The van der Waals surface area contributed by atoms with Crippen molar-refractivity contribution in [3.8, 4) is 0 Å². The van der Waals surface area contributed by atoms with E-state index >= 15 is 0 Å². The lowest BCUT2D eigenvalue weighted by Crippen LogP contribution is -2.27. The van der Waals surface area contributed by atoms with Crippen LogP contribution in [0.4, 0.5) is 11.4 Å². The van der Waals surface area contributed by atoms with Crippen molar-refractivity contribution in [1.82, 2.24) is 0 Å². The van der Waals surface area contributed by atoms with Gasteiger partial charge in [0.25, 0.3) is 5.69 Å². The van der Waals surface area contributed by atoms with Gasteiger partial charge in [-0.15, -0.1) is 0 Å². The van der Waals surface area contributed by atoms with Gasteiger partial charge in [-0.25, -0.2) is 0 Å². The maximum Gasteiger partial charge on any atom is 0.269 e. The van der Waals surface area contributed by atoms with E-state index in [1.54, 1.807) is 12.1 Å². The summed E-state index contributed by atoms with van der Waals surface area (Å²) < 4.78 is 0.946. The first-order valence-corrected chi connectivity index (χ1v) is 7.62. The maximum absolute atomic E-state index is 12.5. The van der Waals surface area contributed by atoms with Gasteiger partial charge in [0.2, 0.25) is 5.91 Å². The zero-order chi connectivity index (χ0) is 15.7. The summed E-state index contributed by atoms with van der Waals surface area (Å²) in [6, 6.07) is 13.6. The second-order valence-corrected chi connectivity index (χ2v) is 6.26. The first-order chi connectivity index (χ1) is 10.5. The number of nitro benzene ring substituents is 1. The topological polar surface area (TPSA) is 72.2 Å². The van der Waals surface area contributed by atoms with E-state index in [0.29, 0.717) is 0 Å². The van der Waals surface area contributed by atoms with Gasteiger partial charge in [0, 0.05) is 22.3 Å². The number of amides is 1. The Labute approximate surface area is 135 Å². The molecule has 112 valence electrons. The quantitative estimate of drug-likeness (QED) is 0.660. The number of carbonyl (C=O) groups is 1. The molecule has 0 atom stereocenters. The zero-order valence-corrected chi connectivity index (χ0v) is 13.2. The molecule has 0 saturated heterocycles. The van der Waals surface area contributed by atoms with E-state index in [9.17, 15) is 14.9 Å². The fourth-order valence-corrected chi connectivity index (χ4v) is 2.72. The summed E-state index contributed by atoms with van der Waals surface area (Å²) in [7, 11) is 0. The van der Waals surface area contributed by atoms with E-state index in [-0.39, 0.29) is 11.6 Å². The van der Waals surface area contributed by atoms with Crippen molar-refractivity contribution in [2.45, 2.75) is 18.3 Å². The summed E-state index contributed by atoms with van der Waals surface area (Å²) in [6.07, 6.45) is 1.51. The highest BCUT2D eigenvalue weighted by Gasteiger charge is 2.51.